The third-order valence-corrected chi connectivity index (χ3v) is 2.71. The Morgan fingerprint density at radius 1 is 1.28 bits per heavy atom. The van der Waals surface area contributed by atoms with Gasteiger partial charge in [-0.25, -0.2) is 4.79 Å². The van der Waals surface area contributed by atoms with Crippen LogP contribution in [0.2, 0.25) is 0 Å². The molecule has 0 saturated heterocycles. The van der Waals surface area contributed by atoms with E-state index in [0.717, 1.165) is 12.8 Å². The van der Waals surface area contributed by atoms with E-state index in [0.29, 0.717) is 18.2 Å². The van der Waals surface area contributed by atoms with E-state index >= 15 is 0 Å². The summed E-state index contributed by atoms with van der Waals surface area (Å²) >= 11 is 0. The quantitative estimate of drug-likeness (QED) is 0.866. The molecule has 1 aliphatic rings. The Morgan fingerprint density at radius 3 is 2.50 bits per heavy atom. The summed E-state index contributed by atoms with van der Waals surface area (Å²) in [5.41, 5.74) is 0. The van der Waals surface area contributed by atoms with Crippen LogP contribution in [-0.2, 0) is 4.79 Å². The van der Waals surface area contributed by atoms with Gasteiger partial charge in [-0.05, 0) is 30.9 Å². The summed E-state index contributed by atoms with van der Waals surface area (Å²) in [6, 6.07) is 8.65. The lowest BCUT2D eigenvalue weighted by Crippen LogP contribution is -2.39. The van der Waals surface area contributed by atoms with Gasteiger partial charge in [0.05, 0.1) is 0 Å². The predicted octanol–water partition coefficient (Wildman–Crippen LogP) is 1.98. The van der Waals surface area contributed by atoms with Crippen molar-refractivity contribution in [3.63, 3.8) is 0 Å². The molecule has 1 N–H and O–H groups in total. The molecule has 0 unspecified atom stereocenters. The predicted molar refractivity (Wildman–Crippen MR) is 64.4 cm³/mol. The lowest BCUT2D eigenvalue weighted by Gasteiger charge is -2.19. The van der Waals surface area contributed by atoms with E-state index in [1.807, 2.05) is 6.07 Å². The summed E-state index contributed by atoms with van der Waals surface area (Å²) in [5.74, 6) is -0.179. The zero-order valence-corrected chi connectivity index (χ0v) is 9.91. The lowest BCUT2D eigenvalue weighted by atomic mass is 10.3. The molecule has 0 atom stereocenters. The first-order valence-electron chi connectivity index (χ1n) is 5.89. The van der Waals surface area contributed by atoms with E-state index in [1.165, 1.54) is 4.90 Å². The Balaban J connectivity index is 1.95. The first-order valence-corrected chi connectivity index (χ1v) is 5.89. The fraction of sp³-hybridized carbons (Fsp3) is 0.385. The summed E-state index contributed by atoms with van der Waals surface area (Å²) < 4.78 is 5.13. The van der Waals surface area contributed by atoms with Gasteiger partial charge in [0.1, 0.15) is 12.3 Å². The van der Waals surface area contributed by atoms with Crippen molar-refractivity contribution in [2.24, 2.45) is 5.92 Å². The third-order valence-electron chi connectivity index (χ3n) is 2.71. The Kier molecular flexibility index (Phi) is 3.82. The van der Waals surface area contributed by atoms with Crippen molar-refractivity contribution >= 4 is 12.1 Å². The maximum Gasteiger partial charge on any atom is 0.415 e. The number of aliphatic carboxylic acids is 1. The van der Waals surface area contributed by atoms with Gasteiger partial charge in [-0.3, -0.25) is 9.69 Å². The molecule has 5 heteroatoms. The average molecular weight is 249 g/mol. The van der Waals surface area contributed by atoms with Crippen LogP contribution in [0.1, 0.15) is 12.8 Å². The van der Waals surface area contributed by atoms with Gasteiger partial charge >= 0.3 is 12.1 Å². The summed E-state index contributed by atoms with van der Waals surface area (Å²) in [4.78, 5) is 23.8. The van der Waals surface area contributed by atoms with E-state index < -0.39 is 12.1 Å². The van der Waals surface area contributed by atoms with Crippen molar-refractivity contribution in [3.05, 3.63) is 30.3 Å². The fourth-order valence-corrected chi connectivity index (χ4v) is 1.63. The number of nitrogens with zero attached hydrogens (tertiary/aromatic N) is 1. The number of hydrogen-bond acceptors (Lipinski definition) is 3. The number of carbonyl (C=O) groups excluding carboxylic acids is 1. The highest BCUT2D eigenvalue weighted by molar-refractivity contribution is 5.78. The maximum absolute atomic E-state index is 11.9. The maximum atomic E-state index is 11.9. The molecule has 96 valence electrons. The number of amides is 1. The van der Waals surface area contributed by atoms with E-state index in [-0.39, 0.29) is 6.54 Å². The molecule has 0 aromatic heterocycles. The van der Waals surface area contributed by atoms with Crippen LogP contribution in [0.4, 0.5) is 4.79 Å². The molecule has 1 aromatic rings. The normalized spacial score (nSPS) is 14.0. The topological polar surface area (TPSA) is 66.8 Å². The fourth-order valence-electron chi connectivity index (χ4n) is 1.63. The molecular weight excluding hydrogens is 234 g/mol. The molecule has 1 saturated carbocycles. The van der Waals surface area contributed by atoms with Gasteiger partial charge in [0.25, 0.3) is 0 Å². The number of carbonyl (C=O) groups is 2. The van der Waals surface area contributed by atoms with Crippen molar-refractivity contribution in [2.75, 3.05) is 13.1 Å². The number of para-hydroxylation sites is 1. The van der Waals surface area contributed by atoms with Crippen LogP contribution in [0, 0.1) is 5.92 Å². The zero-order chi connectivity index (χ0) is 13.0. The number of hydrogen-bond donors (Lipinski definition) is 1. The van der Waals surface area contributed by atoms with Crippen LogP contribution in [0.5, 0.6) is 5.75 Å². The second kappa shape index (κ2) is 5.53. The van der Waals surface area contributed by atoms with E-state index in [2.05, 4.69) is 0 Å². The van der Waals surface area contributed by atoms with Crippen molar-refractivity contribution in [3.8, 4) is 5.75 Å². The van der Waals surface area contributed by atoms with Crippen LogP contribution < -0.4 is 4.74 Å². The van der Waals surface area contributed by atoms with Crippen molar-refractivity contribution < 1.29 is 19.4 Å². The van der Waals surface area contributed by atoms with Crippen molar-refractivity contribution in [2.45, 2.75) is 12.8 Å². The van der Waals surface area contributed by atoms with Gasteiger partial charge < -0.3 is 9.84 Å². The third kappa shape index (κ3) is 3.76. The molecule has 0 bridgehead atoms. The number of carboxylic acids is 1. The lowest BCUT2D eigenvalue weighted by molar-refractivity contribution is -0.137. The Morgan fingerprint density at radius 2 is 1.94 bits per heavy atom. The molecule has 1 aromatic carbocycles. The van der Waals surface area contributed by atoms with Gasteiger partial charge in [0, 0.05) is 6.54 Å². The van der Waals surface area contributed by atoms with Crippen LogP contribution in [0.15, 0.2) is 30.3 Å². The summed E-state index contributed by atoms with van der Waals surface area (Å²) in [6.07, 6.45) is 1.50. The molecule has 5 nitrogen and oxygen atoms in total. The first-order chi connectivity index (χ1) is 8.65. The first kappa shape index (κ1) is 12.4. The van der Waals surface area contributed by atoms with Gasteiger partial charge in [-0.2, -0.15) is 0 Å². The molecule has 0 heterocycles. The van der Waals surface area contributed by atoms with E-state index in [9.17, 15) is 9.59 Å². The average Bonchev–Trinajstić information content (AvgIpc) is 3.13. The highest BCUT2D eigenvalue weighted by Gasteiger charge is 2.28. The number of rotatable bonds is 5. The Bertz CT molecular complexity index is 428. The molecule has 0 radical (unpaired) electrons. The largest absolute Gasteiger partial charge is 0.480 e. The minimum Gasteiger partial charge on any atom is -0.480 e. The second-order valence-electron chi connectivity index (χ2n) is 4.40. The van der Waals surface area contributed by atoms with Crippen LogP contribution in [-0.4, -0.2) is 35.2 Å². The molecule has 18 heavy (non-hydrogen) atoms. The van der Waals surface area contributed by atoms with E-state index in [1.54, 1.807) is 24.3 Å². The standard InChI is InChI=1S/C13H15NO4/c15-12(16)9-14(8-10-6-7-10)13(17)18-11-4-2-1-3-5-11/h1-5,10H,6-9H2,(H,15,16). The highest BCUT2D eigenvalue weighted by Crippen LogP contribution is 2.29. The van der Waals surface area contributed by atoms with Gasteiger partial charge in [0.15, 0.2) is 0 Å². The zero-order valence-electron chi connectivity index (χ0n) is 9.91. The molecular formula is C13H15NO4. The molecule has 1 fully saturated rings. The van der Waals surface area contributed by atoms with Crippen molar-refractivity contribution in [1.82, 2.24) is 4.90 Å². The monoisotopic (exact) mass is 249 g/mol. The number of ether oxygens (including phenoxy) is 1. The minimum atomic E-state index is -1.03. The van der Waals surface area contributed by atoms with Gasteiger partial charge in [0.2, 0.25) is 0 Å². The summed E-state index contributed by atoms with van der Waals surface area (Å²) in [7, 11) is 0. The number of carboxylic acid groups (broad SMARTS) is 1. The van der Waals surface area contributed by atoms with Crippen LogP contribution in [0.3, 0.4) is 0 Å². The van der Waals surface area contributed by atoms with Gasteiger partial charge in [-0.15, -0.1) is 0 Å². The smallest absolute Gasteiger partial charge is 0.415 e. The Labute approximate surface area is 105 Å². The molecule has 1 aliphatic carbocycles. The van der Waals surface area contributed by atoms with Crippen molar-refractivity contribution in [1.29, 1.82) is 0 Å². The summed E-state index contributed by atoms with van der Waals surface area (Å²) in [6.45, 7) is 0.139. The van der Waals surface area contributed by atoms with Crippen LogP contribution in [0.25, 0.3) is 0 Å². The van der Waals surface area contributed by atoms with Gasteiger partial charge in [-0.1, -0.05) is 18.2 Å². The highest BCUT2D eigenvalue weighted by atomic mass is 16.6. The molecule has 0 spiro atoms. The van der Waals surface area contributed by atoms with Crippen LogP contribution >= 0.6 is 0 Å². The molecule has 1 amide bonds. The minimum absolute atomic E-state index is 0.317. The van der Waals surface area contributed by atoms with E-state index in [4.69, 9.17) is 9.84 Å². The second-order valence-corrected chi connectivity index (χ2v) is 4.40. The Hall–Kier alpha value is -2.04. The molecule has 0 aliphatic heterocycles. The number of benzene rings is 1. The molecule has 2 rings (SSSR count). The SMILES string of the molecule is O=C(O)CN(CC1CC1)C(=O)Oc1ccccc1. The summed E-state index contributed by atoms with van der Waals surface area (Å²) in [5, 5.41) is 8.78.